The highest BCUT2D eigenvalue weighted by molar-refractivity contribution is 7.92. The third kappa shape index (κ3) is 4.80. The van der Waals surface area contributed by atoms with Crippen LogP contribution in [-0.4, -0.2) is 33.7 Å². The number of carbonyl (C=O) groups is 1. The number of methoxy groups -OCH3 is 1. The van der Waals surface area contributed by atoms with Crippen LogP contribution in [0.5, 0.6) is 5.75 Å². The minimum Gasteiger partial charge on any atom is -0.495 e. The molecular formula is C20H26N2O4S. The Morgan fingerprint density at radius 1 is 1.07 bits per heavy atom. The van der Waals surface area contributed by atoms with Gasteiger partial charge in [0.25, 0.3) is 0 Å². The lowest BCUT2D eigenvalue weighted by atomic mass is 10.1. The lowest BCUT2D eigenvalue weighted by Gasteiger charge is -2.29. The normalized spacial score (nSPS) is 12.4. The van der Waals surface area contributed by atoms with Gasteiger partial charge in [0.15, 0.2) is 0 Å². The van der Waals surface area contributed by atoms with E-state index in [1.807, 2.05) is 39.0 Å². The first kappa shape index (κ1) is 20.8. The molecule has 0 bridgehead atoms. The molecule has 1 unspecified atom stereocenters. The van der Waals surface area contributed by atoms with Crippen molar-refractivity contribution in [1.82, 2.24) is 0 Å². The molecule has 6 nitrogen and oxygen atoms in total. The van der Waals surface area contributed by atoms with Crippen molar-refractivity contribution in [2.45, 2.75) is 33.7 Å². The van der Waals surface area contributed by atoms with E-state index in [0.717, 1.165) is 27.3 Å². The summed E-state index contributed by atoms with van der Waals surface area (Å²) in [6.45, 7) is 7.34. The number of anilines is 2. The summed E-state index contributed by atoms with van der Waals surface area (Å²) < 4.78 is 31.4. The van der Waals surface area contributed by atoms with Gasteiger partial charge in [0.1, 0.15) is 11.8 Å². The van der Waals surface area contributed by atoms with Gasteiger partial charge in [0, 0.05) is 5.69 Å². The molecule has 146 valence electrons. The quantitative estimate of drug-likeness (QED) is 0.820. The second-order valence-electron chi connectivity index (χ2n) is 6.70. The Kier molecular flexibility index (Phi) is 6.15. The van der Waals surface area contributed by atoms with Crippen LogP contribution in [0.3, 0.4) is 0 Å². The predicted octanol–water partition coefficient (Wildman–Crippen LogP) is 3.41. The van der Waals surface area contributed by atoms with Crippen molar-refractivity contribution in [3.05, 3.63) is 53.1 Å². The SMILES string of the molecule is COc1ccc(C)cc1N(C(C)C(=O)Nc1ccc(C)c(C)c1)S(C)(=O)=O. The highest BCUT2D eigenvalue weighted by Gasteiger charge is 2.31. The number of amides is 1. The number of benzene rings is 2. The zero-order valence-electron chi connectivity index (χ0n) is 16.5. The van der Waals surface area contributed by atoms with Crippen molar-refractivity contribution < 1.29 is 17.9 Å². The molecule has 2 aromatic carbocycles. The Morgan fingerprint density at radius 2 is 1.74 bits per heavy atom. The molecule has 0 radical (unpaired) electrons. The van der Waals surface area contributed by atoms with E-state index in [9.17, 15) is 13.2 Å². The summed E-state index contributed by atoms with van der Waals surface area (Å²) in [6.07, 6.45) is 1.08. The fourth-order valence-corrected chi connectivity index (χ4v) is 3.99. The first-order valence-electron chi connectivity index (χ1n) is 8.56. The summed E-state index contributed by atoms with van der Waals surface area (Å²) in [5.41, 5.74) is 3.98. The van der Waals surface area contributed by atoms with Crippen molar-refractivity contribution in [3.8, 4) is 5.75 Å². The van der Waals surface area contributed by atoms with Gasteiger partial charge >= 0.3 is 0 Å². The maximum atomic E-state index is 12.8. The summed E-state index contributed by atoms with van der Waals surface area (Å²) in [5.74, 6) is -0.0379. The van der Waals surface area contributed by atoms with Crippen molar-refractivity contribution in [2.75, 3.05) is 23.0 Å². The van der Waals surface area contributed by atoms with Crippen LogP contribution >= 0.6 is 0 Å². The number of sulfonamides is 1. The van der Waals surface area contributed by atoms with E-state index >= 15 is 0 Å². The number of carbonyl (C=O) groups excluding carboxylic acids is 1. The van der Waals surface area contributed by atoms with Crippen LogP contribution in [0.1, 0.15) is 23.6 Å². The number of hydrogen-bond acceptors (Lipinski definition) is 4. The molecule has 2 rings (SSSR count). The fraction of sp³-hybridized carbons (Fsp3) is 0.350. The first-order chi connectivity index (χ1) is 12.5. The second kappa shape index (κ2) is 8.00. The molecule has 1 amide bonds. The summed E-state index contributed by atoms with van der Waals surface area (Å²) in [6, 6.07) is 9.81. The van der Waals surface area contributed by atoms with Crippen molar-refractivity contribution in [3.63, 3.8) is 0 Å². The topological polar surface area (TPSA) is 75.7 Å². The number of aryl methyl sites for hydroxylation is 3. The molecule has 0 aliphatic carbocycles. The largest absolute Gasteiger partial charge is 0.495 e. The van der Waals surface area contributed by atoms with E-state index in [0.29, 0.717) is 17.1 Å². The minimum atomic E-state index is -3.73. The van der Waals surface area contributed by atoms with Gasteiger partial charge in [0.2, 0.25) is 15.9 Å². The Bertz CT molecular complexity index is 954. The smallest absolute Gasteiger partial charge is 0.247 e. The van der Waals surface area contributed by atoms with Gasteiger partial charge in [-0.05, 0) is 68.7 Å². The van der Waals surface area contributed by atoms with Gasteiger partial charge in [-0.2, -0.15) is 0 Å². The van der Waals surface area contributed by atoms with Gasteiger partial charge in [-0.15, -0.1) is 0 Å². The highest BCUT2D eigenvalue weighted by Crippen LogP contribution is 2.32. The summed E-state index contributed by atoms with van der Waals surface area (Å²) >= 11 is 0. The van der Waals surface area contributed by atoms with Crippen molar-refractivity contribution in [2.24, 2.45) is 0 Å². The van der Waals surface area contributed by atoms with Crippen molar-refractivity contribution in [1.29, 1.82) is 0 Å². The number of nitrogens with one attached hydrogen (secondary N) is 1. The van der Waals surface area contributed by atoms with Gasteiger partial charge in [-0.25, -0.2) is 8.42 Å². The zero-order valence-corrected chi connectivity index (χ0v) is 17.3. The third-order valence-electron chi connectivity index (χ3n) is 4.43. The van der Waals surface area contributed by atoms with Crippen LogP contribution in [0.4, 0.5) is 11.4 Å². The zero-order chi connectivity index (χ0) is 20.4. The molecule has 0 spiro atoms. The summed E-state index contributed by atoms with van der Waals surface area (Å²) in [5, 5.41) is 2.80. The Morgan fingerprint density at radius 3 is 2.30 bits per heavy atom. The van der Waals surface area contributed by atoms with E-state index < -0.39 is 22.0 Å². The van der Waals surface area contributed by atoms with Gasteiger partial charge in [-0.1, -0.05) is 12.1 Å². The van der Waals surface area contributed by atoms with Gasteiger partial charge in [0.05, 0.1) is 19.1 Å². The molecule has 0 aromatic heterocycles. The molecule has 0 fully saturated rings. The van der Waals surface area contributed by atoms with E-state index in [4.69, 9.17) is 4.74 Å². The lowest BCUT2D eigenvalue weighted by molar-refractivity contribution is -0.116. The number of nitrogens with zero attached hydrogens (tertiary/aromatic N) is 1. The van der Waals surface area contributed by atoms with E-state index in [1.165, 1.54) is 7.11 Å². The number of ether oxygens (including phenoxy) is 1. The Hall–Kier alpha value is -2.54. The van der Waals surface area contributed by atoms with Crippen LogP contribution in [0, 0.1) is 20.8 Å². The van der Waals surface area contributed by atoms with E-state index in [-0.39, 0.29) is 0 Å². The first-order valence-corrected chi connectivity index (χ1v) is 10.4. The second-order valence-corrected chi connectivity index (χ2v) is 8.56. The van der Waals surface area contributed by atoms with Gasteiger partial charge < -0.3 is 10.1 Å². The minimum absolute atomic E-state index is 0.336. The fourth-order valence-electron chi connectivity index (χ4n) is 2.82. The van der Waals surface area contributed by atoms with Crippen LogP contribution in [0.25, 0.3) is 0 Å². The molecule has 27 heavy (non-hydrogen) atoms. The molecule has 1 N–H and O–H groups in total. The Labute approximate surface area is 161 Å². The van der Waals surface area contributed by atoms with Crippen molar-refractivity contribution >= 4 is 27.3 Å². The van der Waals surface area contributed by atoms with Crippen LogP contribution in [0.15, 0.2) is 36.4 Å². The molecular weight excluding hydrogens is 364 g/mol. The molecule has 0 saturated heterocycles. The molecule has 1 atom stereocenters. The standard InChI is InChI=1S/C20H26N2O4S/c1-13-7-10-19(26-5)18(11-13)22(27(6,24)25)16(4)20(23)21-17-9-8-14(2)15(3)12-17/h7-12,16H,1-6H3,(H,21,23). The van der Waals surface area contributed by atoms with E-state index in [2.05, 4.69) is 5.32 Å². The van der Waals surface area contributed by atoms with Crippen LogP contribution in [0.2, 0.25) is 0 Å². The van der Waals surface area contributed by atoms with E-state index in [1.54, 1.807) is 25.1 Å². The summed E-state index contributed by atoms with van der Waals surface area (Å²) in [4.78, 5) is 12.8. The average Bonchev–Trinajstić information content (AvgIpc) is 2.57. The van der Waals surface area contributed by atoms with Gasteiger partial charge in [-0.3, -0.25) is 9.10 Å². The maximum Gasteiger partial charge on any atom is 0.247 e. The monoisotopic (exact) mass is 390 g/mol. The summed E-state index contributed by atoms with van der Waals surface area (Å²) in [7, 11) is -2.26. The van der Waals surface area contributed by atoms with Crippen LogP contribution < -0.4 is 14.4 Å². The molecule has 0 aliphatic rings. The Balaban J connectivity index is 2.41. The van der Waals surface area contributed by atoms with Crippen LogP contribution in [-0.2, 0) is 14.8 Å². The molecule has 2 aromatic rings. The molecule has 0 saturated carbocycles. The third-order valence-corrected chi connectivity index (χ3v) is 5.66. The molecule has 0 heterocycles. The number of hydrogen-bond donors (Lipinski definition) is 1. The predicted molar refractivity (Wildman–Crippen MR) is 109 cm³/mol. The number of rotatable bonds is 6. The molecule has 7 heteroatoms. The molecule has 0 aliphatic heterocycles. The highest BCUT2D eigenvalue weighted by atomic mass is 32.2. The maximum absolute atomic E-state index is 12.8. The average molecular weight is 391 g/mol. The lowest BCUT2D eigenvalue weighted by Crippen LogP contribution is -2.45.